The largest absolute Gasteiger partial charge is 0.299 e. The van der Waals surface area contributed by atoms with Gasteiger partial charge in [-0.1, -0.05) is 13.8 Å². The Hall–Kier alpha value is -0.430. The second-order valence-corrected chi connectivity index (χ2v) is 9.16. The lowest BCUT2D eigenvalue weighted by Gasteiger charge is -2.34. The molecule has 0 aliphatic carbocycles. The Balaban J connectivity index is 1.89. The molecule has 1 aromatic rings. The average Bonchev–Trinajstić information content (AvgIpc) is 2.95. The van der Waals surface area contributed by atoms with Gasteiger partial charge in [-0.05, 0) is 57.3 Å². The molecule has 120 valence electrons. The van der Waals surface area contributed by atoms with Crippen LogP contribution in [-0.4, -0.2) is 39.0 Å². The molecule has 1 fully saturated rings. The molecule has 0 saturated carbocycles. The minimum absolute atomic E-state index is 0.248. The maximum atomic E-state index is 12.3. The zero-order chi connectivity index (χ0) is 15.5. The summed E-state index contributed by atoms with van der Waals surface area (Å²) < 4.78 is 27.8. The Bertz CT molecular complexity index is 546. The lowest BCUT2D eigenvalue weighted by Crippen LogP contribution is -2.45. The molecule has 1 saturated heterocycles. The van der Waals surface area contributed by atoms with Crippen molar-refractivity contribution >= 4 is 21.4 Å². The summed E-state index contributed by atoms with van der Waals surface area (Å²) in [6, 6.07) is 3.85. The molecule has 2 heterocycles. The summed E-state index contributed by atoms with van der Waals surface area (Å²) in [6.45, 7) is 9.05. The van der Waals surface area contributed by atoms with Crippen LogP contribution in [0.25, 0.3) is 0 Å². The Morgan fingerprint density at radius 2 is 2.05 bits per heavy atom. The molecule has 0 amide bonds. The molecule has 4 nitrogen and oxygen atoms in total. The van der Waals surface area contributed by atoms with E-state index in [1.807, 2.05) is 13.0 Å². The van der Waals surface area contributed by atoms with Gasteiger partial charge < -0.3 is 0 Å². The van der Waals surface area contributed by atoms with Gasteiger partial charge >= 0.3 is 0 Å². The van der Waals surface area contributed by atoms with E-state index in [1.165, 1.54) is 24.2 Å². The number of hydrogen-bond acceptors (Lipinski definition) is 4. The molecular weight excluding hydrogens is 304 g/mol. The highest BCUT2D eigenvalue weighted by atomic mass is 32.2. The first-order valence-corrected chi connectivity index (χ1v) is 10.0. The van der Waals surface area contributed by atoms with Crippen LogP contribution in [-0.2, 0) is 16.4 Å². The summed E-state index contributed by atoms with van der Waals surface area (Å²) in [5.41, 5.74) is 0. The molecule has 1 aromatic heterocycles. The maximum absolute atomic E-state index is 12.3. The number of aryl methyl sites for hydroxylation is 1. The van der Waals surface area contributed by atoms with Crippen molar-refractivity contribution in [3.63, 3.8) is 0 Å². The monoisotopic (exact) mass is 330 g/mol. The molecule has 1 unspecified atom stereocenters. The van der Waals surface area contributed by atoms with Crippen LogP contribution >= 0.6 is 11.3 Å². The minimum atomic E-state index is -3.35. The zero-order valence-electron chi connectivity index (χ0n) is 13.1. The van der Waals surface area contributed by atoms with E-state index >= 15 is 0 Å². The number of hydrogen-bond donors (Lipinski definition) is 1. The van der Waals surface area contributed by atoms with Gasteiger partial charge in [0, 0.05) is 17.5 Å². The Labute approximate surface area is 132 Å². The fourth-order valence-corrected chi connectivity index (χ4v) is 5.05. The summed E-state index contributed by atoms with van der Waals surface area (Å²) in [5, 5.41) is 0. The summed E-state index contributed by atoms with van der Waals surface area (Å²) in [7, 11) is -3.35. The van der Waals surface area contributed by atoms with Crippen molar-refractivity contribution in [2.45, 2.75) is 50.3 Å². The Kier molecular flexibility index (Phi) is 5.82. The van der Waals surface area contributed by atoms with E-state index in [0.29, 0.717) is 10.8 Å². The maximum Gasteiger partial charge on any atom is 0.250 e. The smallest absolute Gasteiger partial charge is 0.250 e. The van der Waals surface area contributed by atoms with E-state index in [1.54, 1.807) is 6.07 Å². The summed E-state index contributed by atoms with van der Waals surface area (Å²) in [6.07, 6.45) is 3.30. The lowest BCUT2D eigenvalue weighted by atomic mass is 9.98. The van der Waals surface area contributed by atoms with Gasteiger partial charge in [0.25, 0.3) is 0 Å². The van der Waals surface area contributed by atoms with E-state index in [4.69, 9.17) is 0 Å². The summed E-state index contributed by atoms with van der Waals surface area (Å²) in [5.74, 6) is 0.795. The predicted molar refractivity (Wildman–Crippen MR) is 88.3 cm³/mol. The van der Waals surface area contributed by atoms with Gasteiger partial charge in [0.05, 0.1) is 0 Å². The van der Waals surface area contributed by atoms with Crippen LogP contribution in [0.2, 0.25) is 0 Å². The van der Waals surface area contributed by atoms with Gasteiger partial charge in [0.1, 0.15) is 4.21 Å². The third kappa shape index (κ3) is 4.52. The number of nitrogens with one attached hydrogen (secondary N) is 1. The van der Waals surface area contributed by atoms with Crippen LogP contribution in [0, 0.1) is 5.92 Å². The van der Waals surface area contributed by atoms with Gasteiger partial charge in [0.2, 0.25) is 10.0 Å². The van der Waals surface area contributed by atoms with Crippen molar-refractivity contribution in [1.82, 2.24) is 9.62 Å². The first kappa shape index (κ1) is 16.9. The number of sulfonamides is 1. The van der Waals surface area contributed by atoms with Gasteiger partial charge in [0.15, 0.2) is 0 Å². The van der Waals surface area contributed by atoms with E-state index in [2.05, 4.69) is 23.5 Å². The second kappa shape index (κ2) is 7.22. The fraction of sp³-hybridized carbons (Fsp3) is 0.733. The minimum Gasteiger partial charge on any atom is -0.299 e. The topological polar surface area (TPSA) is 49.4 Å². The number of thiophene rings is 1. The van der Waals surface area contributed by atoms with Gasteiger partial charge in [-0.15, -0.1) is 11.3 Å². The molecule has 21 heavy (non-hydrogen) atoms. The van der Waals surface area contributed by atoms with Gasteiger partial charge in [-0.25, -0.2) is 13.1 Å². The van der Waals surface area contributed by atoms with E-state index in [-0.39, 0.29) is 6.04 Å². The molecule has 1 aliphatic rings. The second-order valence-electron chi connectivity index (χ2n) is 5.99. The van der Waals surface area contributed by atoms with Crippen LogP contribution < -0.4 is 4.72 Å². The van der Waals surface area contributed by atoms with E-state index < -0.39 is 10.0 Å². The van der Waals surface area contributed by atoms with Crippen LogP contribution in [0.5, 0.6) is 0 Å². The van der Waals surface area contributed by atoms with E-state index in [0.717, 1.165) is 30.3 Å². The third-order valence-electron chi connectivity index (χ3n) is 4.26. The Morgan fingerprint density at radius 1 is 1.38 bits per heavy atom. The van der Waals surface area contributed by atoms with Crippen LogP contribution in [0.1, 0.15) is 38.5 Å². The summed E-state index contributed by atoms with van der Waals surface area (Å²) in [4.78, 5) is 3.49. The highest BCUT2D eigenvalue weighted by Crippen LogP contribution is 2.22. The fourth-order valence-electron chi connectivity index (χ4n) is 2.59. The molecular formula is C15H26N2O2S2. The standard InChI is InChI=1S/C15H26N2O2S2/c1-4-14-5-6-15(20-14)21(18,19)16-11-13(3)17-9-7-12(2)8-10-17/h5-6,12-13,16H,4,7-11H2,1-3H3. The van der Waals surface area contributed by atoms with E-state index in [9.17, 15) is 8.42 Å². The van der Waals surface area contributed by atoms with Crippen LogP contribution in [0.3, 0.4) is 0 Å². The van der Waals surface area contributed by atoms with Crippen molar-refractivity contribution in [2.24, 2.45) is 5.92 Å². The number of likely N-dealkylation sites (tertiary alicyclic amines) is 1. The molecule has 1 aliphatic heterocycles. The number of piperidine rings is 1. The van der Waals surface area contributed by atoms with Crippen molar-refractivity contribution in [2.75, 3.05) is 19.6 Å². The zero-order valence-corrected chi connectivity index (χ0v) is 14.8. The average molecular weight is 331 g/mol. The van der Waals surface area contributed by atoms with Crippen LogP contribution in [0.4, 0.5) is 0 Å². The van der Waals surface area contributed by atoms with Gasteiger partial charge in [-0.3, -0.25) is 4.90 Å². The van der Waals surface area contributed by atoms with Crippen molar-refractivity contribution in [3.05, 3.63) is 17.0 Å². The molecule has 0 radical (unpaired) electrons. The molecule has 0 aromatic carbocycles. The first-order valence-electron chi connectivity index (χ1n) is 7.74. The van der Waals surface area contributed by atoms with Crippen molar-refractivity contribution in [1.29, 1.82) is 0 Å². The van der Waals surface area contributed by atoms with Crippen molar-refractivity contribution in [3.8, 4) is 0 Å². The number of nitrogens with zero attached hydrogens (tertiary/aromatic N) is 1. The van der Waals surface area contributed by atoms with Gasteiger partial charge in [-0.2, -0.15) is 0 Å². The quantitative estimate of drug-likeness (QED) is 0.872. The molecule has 1 atom stereocenters. The Morgan fingerprint density at radius 3 is 2.62 bits per heavy atom. The molecule has 1 N–H and O–H groups in total. The lowest BCUT2D eigenvalue weighted by molar-refractivity contribution is 0.148. The molecule has 0 spiro atoms. The highest BCUT2D eigenvalue weighted by molar-refractivity contribution is 7.91. The molecule has 6 heteroatoms. The predicted octanol–water partition coefficient (Wildman–Crippen LogP) is 2.71. The molecule has 2 rings (SSSR count). The van der Waals surface area contributed by atoms with Crippen LogP contribution in [0.15, 0.2) is 16.3 Å². The number of rotatable bonds is 6. The van der Waals surface area contributed by atoms with Crippen molar-refractivity contribution < 1.29 is 8.42 Å². The molecule has 0 bridgehead atoms. The third-order valence-corrected chi connectivity index (χ3v) is 7.41. The highest BCUT2D eigenvalue weighted by Gasteiger charge is 2.23. The summed E-state index contributed by atoms with van der Waals surface area (Å²) >= 11 is 1.36. The first-order chi connectivity index (χ1) is 9.92. The SMILES string of the molecule is CCc1ccc(S(=O)(=O)NCC(C)N2CCC(C)CC2)s1. The normalized spacial score (nSPS) is 19.8.